The van der Waals surface area contributed by atoms with Crippen molar-refractivity contribution in [2.24, 2.45) is 5.73 Å². The molecule has 0 aromatic carbocycles. The number of hydrogen-bond donors (Lipinski definition) is 1. The zero-order valence-electron chi connectivity index (χ0n) is 10.6. The lowest BCUT2D eigenvalue weighted by Gasteiger charge is -2.46. The van der Waals surface area contributed by atoms with Crippen LogP contribution in [0.5, 0.6) is 0 Å². The fourth-order valence-corrected chi connectivity index (χ4v) is 4.51. The Bertz CT molecular complexity index is 329. The van der Waals surface area contributed by atoms with Gasteiger partial charge in [0.2, 0.25) is 0 Å². The summed E-state index contributed by atoms with van der Waals surface area (Å²) in [7, 11) is -0.909. The van der Waals surface area contributed by atoms with E-state index in [9.17, 15) is 8.42 Å². The van der Waals surface area contributed by atoms with E-state index in [-0.39, 0.29) is 11.3 Å². The Morgan fingerprint density at radius 3 is 2.56 bits per heavy atom. The summed E-state index contributed by atoms with van der Waals surface area (Å²) in [4.78, 5) is 2.17. The second-order valence-electron chi connectivity index (χ2n) is 4.99. The van der Waals surface area contributed by atoms with Crippen LogP contribution in [0.1, 0.15) is 33.1 Å². The van der Waals surface area contributed by atoms with E-state index in [1.54, 1.807) is 0 Å². The molecule has 1 saturated heterocycles. The highest BCUT2D eigenvalue weighted by atomic mass is 32.2. The van der Waals surface area contributed by atoms with Gasteiger partial charge in [-0.25, -0.2) is 8.42 Å². The third-order valence-corrected chi connectivity index (χ3v) is 5.85. The van der Waals surface area contributed by atoms with Gasteiger partial charge in [-0.1, -0.05) is 6.92 Å². The van der Waals surface area contributed by atoms with E-state index in [0.717, 1.165) is 19.3 Å². The Morgan fingerprint density at radius 2 is 2.12 bits per heavy atom. The number of sulfone groups is 1. The summed E-state index contributed by atoms with van der Waals surface area (Å²) in [5, 5.41) is 0. The van der Waals surface area contributed by atoms with Crippen molar-refractivity contribution >= 4 is 9.84 Å². The summed E-state index contributed by atoms with van der Waals surface area (Å²) < 4.78 is 23.5. The van der Waals surface area contributed by atoms with E-state index in [2.05, 4.69) is 18.7 Å². The van der Waals surface area contributed by atoms with Gasteiger partial charge >= 0.3 is 0 Å². The van der Waals surface area contributed by atoms with Gasteiger partial charge < -0.3 is 5.73 Å². The van der Waals surface area contributed by atoms with Crippen LogP contribution in [0.4, 0.5) is 0 Å². The lowest BCUT2D eigenvalue weighted by Crippen LogP contribution is -2.61. The maximum absolute atomic E-state index is 11.8. The van der Waals surface area contributed by atoms with Gasteiger partial charge in [-0.05, 0) is 33.2 Å². The molecule has 2 atom stereocenters. The standard InChI is InChI=1S/C11H24N2O2S/c1-4-10(2)13(3)11(8-12)6-5-7-16(14,15)9-11/h10H,4-9,12H2,1-3H3. The number of nitrogens with two attached hydrogens (primary N) is 1. The minimum Gasteiger partial charge on any atom is -0.329 e. The molecule has 1 heterocycles. The molecule has 16 heavy (non-hydrogen) atoms. The van der Waals surface area contributed by atoms with Crippen LogP contribution >= 0.6 is 0 Å². The summed E-state index contributed by atoms with van der Waals surface area (Å²) in [5.41, 5.74) is 5.51. The minimum atomic E-state index is -2.91. The molecule has 1 aliphatic rings. The molecular weight excluding hydrogens is 224 g/mol. The predicted octanol–water partition coefficient (Wildman–Crippen LogP) is 0.623. The fourth-order valence-electron chi connectivity index (χ4n) is 2.50. The molecule has 4 nitrogen and oxygen atoms in total. The molecule has 96 valence electrons. The van der Waals surface area contributed by atoms with Gasteiger partial charge in [0, 0.05) is 18.1 Å². The second-order valence-corrected chi connectivity index (χ2v) is 7.18. The SMILES string of the molecule is CCC(C)N(C)C1(CN)CCCS(=O)(=O)C1. The first-order valence-electron chi connectivity index (χ1n) is 6.00. The molecule has 1 rings (SSSR count). The van der Waals surface area contributed by atoms with Crippen LogP contribution in [0.25, 0.3) is 0 Å². The summed E-state index contributed by atoms with van der Waals surface area (Å²) in [6.07, 6.45) is 2.64. The molecule has 0 saturated carbocycles. The molecule has 0 aromatic rings. The van der Waals surface area contributed by atoms with E-state index in [0.29, 0.717) is 18.3 Å². The van der Waals surface area contributed by atoms with Gasteiger partial charge in [-0.3, -0.25) is 4.90 Å². The molecular formula is C11H24N2O2S. The van der Waals surface area contributed by atoms with Crippen LogP contribution in [0.15, 0.2) is 0 Å². The van der Waals surface area contributed by atoms with E-state index < -0.39 is 9.84 Å². The van der Waals surface area contributed by atoms with Crippen LogP contribution in [0.3, 0.4) is 0 Å². The Kier molecular flexibility index (Phi) is 4.37. The molecule has 1 aliphatic heterocycles. The summed E-state index contributed by atoms with van der Waals surface area (Å²) in [5.74, 6) is 0.542. The van der Waals surface area contributed by atoms with Gasteiger partial charge in [-0.15, -0.1) is 0 Å². The van der Waals surface area contributed by atoms with Crippen LogP contribution in [0, 0.1) is 0 Å². The molecule has 2 N–H and O–H groups in total. The average Bonchev–Trinajstić information content (AvgIpc) is 2.25. The molecule has 0 spiro atoms. The molecule has 0 radical (unpaired) electrons. The van der Waals surface area contributed by atoms with Gasteiger partial charge in [0.05, 0.1) is 11.5 Å². The third-order valence-electron chi connectivity index (χ3n) is 3.97. The van der Waals surface area contributed by atoms with Crippen molar-refractivity contribution in [2.45, 2.75) is 44.7 Å². The molecule has 0 amide bonds. The van der Waals surface area contributed by atoms with Crippen LogP contribution in [-0.2, 0) is 9.84 Å². The highest BCUT2D eigenvalue weighted by Crippen LogP contribution is 2.29. The maximum atomic E-state index is 11.8. The van der Waals surface area contributed by atoms with E-state index in [1.165, 1.54) is 0 Å². The highest BCUT2D eigenvalue weighted by Gasteiger charge is 2.42. The van der Waals surface area contributed by atoms with Crippen LogP contribution in [0.2, 0.25) is 0 Å². The third kappa shape index (κ3) is 2.76. The normalized spacial score (nSPS) is 31.6. The Labute approximate surface area is 99.1 Å². The first-order chi connectivity index (χ1) is 7.37. The summed E-state index contributed by atoms with van der Waals surface area (Å²) >= 11 is 0. The predicted molar refractivity (Wildman–Crippen MR) is 67.2 cm³/mol. The maximum Gasteiger partial charge on any atom is 0.152 e. The lowest BCUT2D eigenvalue weighted by molar-refractivity contribution is 0.0886. The van der Waals surface area contributed by atoms with Gasteiger partial charge in [0.1, 0.15) is 0 Å². The highest BCUT2D eigenvalue weighted by molar-refractivity contribution is 7.91. The minimum absolute atomic E-state index is 0.220. The lowest BCUT2D eigenvalue weighted by atomic mass is 9.92. The van der Waals surface area contributed by atoms with Gasteiger partial charge in [0.25, 0.3) is 0 Å². The van der Waals surface area contributed by atoms with E-state index >= 15 is 0 Å². The smallest absolute Gasteiger partial charge is 0.152 e. The monoisotopic (exact) mass is 248 g/mol. The Morgan fingerprint density at radius 1 is 1.50 bits per heavy atom. The number of likely N-dealkylation sites (N-methyl/N-ethyl adjacent to an activating group) is 1. The van der Waals surface area contributed by atoms with Crippen molar-refractivity contribution in [3.05, 3.63) is 0 Å². The van der Waals surface area contributed by atoms with Crippen LogP contribution in [-0.4, -0.2) is 50.0 Å². The zero-order chi connectivity index (χ0) is 12.4. The topological polar surface area (TPSA) is 63.4 Å². The number of hydrogen-bond acceptors (Lipinski definition) is 4. The van der Waals surface area contributed by atoms with Crippen LogP contribution < -0.4 is 5.73 Å². The Hall–Kier alpha value is -0.130. The van der Waals surface area contributed by atoms with Gasteiger partial charge in [0.15, 0.2) is 9.84 Å². The second kappa shape index (κ2) is 5.02. The Balaban J connectivity index is 2.92. The molecule has 1 fully saturated rings. The van der Waals surface area contributed by atoms with E-state index in [1.807, 2.05) is 7.05 Å². The number of rotatable bonds is 4. The van der Waals surface area contributed by atoms with Crippen molar-refractivity contribution < 1.29 is 8.42 Å². The van der Waals surface area contributed by atoms with Crippen molar-refractivity contribution in [1.29, 1.82) is 0 Å². The summed E-state index contributed by atoms with van der Waals surface area (Å²) in [6.45, 7) is 4.66. The van der Waals surface area contributed by atoms with Crippen molar-refractivity contribution in [3.63, 3.8) is 0 Å². The molecule has 0 aromatic heterocycles. The summed E-state index contributed by atoms with van der Waals surface area (Å²) in [6, 6.07) is 0.372. The quantitative estimate of drug-likeness (QED) is 0.792. The van der Waals surface area contributed by atoms with Gasteiger partial charge in [-0.2, -0.15) is 0 Å². The fraction of sp³-hybridized carbons (Fsp3) is 1.00. The number of nitrogens with zero attached hydrogens (tertiary/aromatic N) is 1. The van der Waals surface area contributed by atoms with E-state index in [4.69, 9.17) is 5.73 Å². The average molecular weight is 248 g/mol. The molecule has 5 heteroatoms. The van der Waals surface area contributed by atoms with Crippen molar-refractivity contribution in [3.8, 4) is 0 Å². The first kappa shape index (κ1) is 13.9. The largest absolute Gasteiger partial charge is 0.329 e. The molecule has 2 unspecified atom stereocenters. The molecule has 0 aliphatic carbocycles. The molecule has 0 bridgehead atoms. The zero-order valence-corrected chi connectivity index (χ0v) is 11.4. The van der Waals surface area contributed by atoms with Crippen molar-refractivity contribution in [2.75, 3.05) is 25.1 Å². The first-order valence-corrected chi connectivity index (χ1v) is 7.82. The van der Waals surface area contributed by atoms with Crippen molar-refractivity contribution in [1.82, 2.24) is 4.90 Å².